The molecule has 1 radical (unpaired) electrons. The summed E-state index contributed by atoms with van der Waals surface area (Å²) in [6, 6.07) is 12.2. The van der Waals surface area contributed by atoms with E-state index in [-0.39, 0.29) is 5.69 Å². The van der Waals surface area contributed by atoms with Crippen LogP contribution in [0, 0.1) is 16.5 Å². The molecule has 0 aliphatic rings. The Labute approximate surface area is 123 Å². The van der Waals surface area contributed by atoms with Crippen LogP contribution in [0.1, 0.15) is 11.1 Å². The number of nitrogens with zero attached hydrogens (tertiary/aromatic N) is 1. The maximum absolute atomic E-state index is 10.6. The van der Waals surface area contributed by atoms with E-state index in [1.165, 1.54) is 12.1 Å². The molecule has 21 heavy (non-hydrogen) atoms. The maximum Gasteiger partial charge on any atom is 0.269 e. The van der Waals surface area contributed by atoms with Crippen molar-refractivity contribution in [3.8, 4) is 11.5 Å². The number of nitro benzene ring substituents is 1. The predicted molar refractivity (Wildman–Crippen MR) is 79.7 cm³/mol. The van der Waals surface area contributed by atoms with Crippen molar-refractivity contribution in [3.63, 3.8) is 0 Å². The van der Waals surface area contributed by atoms with Crippen LogP contribution < -0.4 is 9.47 Å². The number of hydrogen-bond donors (Lipinski definition) is 0. The van der Waals surface area contributed by atoms with Gasteiger partial charge in [-0.15, -0.1) is 0 Å². The SMILES string of the molecule is COc1ccc(C[CH]c2ccc([N+](=O)[O-])cc2)cc1OC. The number of rotatable bonds is 6. The topological polar surface area (TPSA) is 61.6 Å². The number of methoxy groups -OCH3 is 2. The van der Waals surface area contributed by atoms with Crippen molar-refractivity contribution < 1.29 is 14.4 Å². The highest BCUT2D eigenvalue weighted by molar-refractivity contribution is 5.44. The first-order chi connectivity index (χ1) is 10.1. The Morgan fingerprint density at radius 1 is 1.05 bits per heavy atom. The Morgan fingerprint density at radius 2 is 1.71 bits per heavy atom. The first-order valence-corrected chi connectivity index (χ1v) is 6.42. The molecule has 0 saturated heterocycles. The molecular formula is C16H16NO4. The first kappa shape index (κ1) is 14.8. The molecule has 0 heterocycles. The Bertz CT molecular complexity index is 623. The van der Waals surface area contributed by atoms with E-state index < -0.39 is 4.92 Å². The van der Waals surface area contributed by atoms with Gasteiger partial charge < -0.3 is 9.47 Å². The lowest BCUT2D eigenvalue weighted by Crippen LogP contribution is -1.94. The van der Waals surface area contributed by atoms with Gasteiger partial charge in [0.05, 0.1) is 19.1 Å². The van der Waals surface area contributed by atoms with Crippen LogP contribution >= 0.6 is 0 Å². The average Bonchev–Trinajstić information content (AvgIpc) is 2.52. The van der Waals surface area contributed by atoms with Gasteiger partial charge in [0.25, 0.3) is 5.69 Å². The standard InChI is InChI=1S/C16H16NO4/c1-20-15-10-7-13(11-16(15)21-2)4-3-12-5-8-14(9-6-12)17(18)19/h3,5-11H,4H2,1-2H3. The van der Waals surface area contributed by atoms with Gasteiger partial charge in [-0.25, -0.2) is 0 Å². The number of benzene rings is 2. The van der Waals surface area contributed by atoms with Gasteiger partial charge in [-0.05, 0) is 36.1 Å². The van der Waals surface area contributed by atoms with Crippen molar-refractivity contribution in [2.75, 3.05) is 14.2 Å². The van der Waals surface area contributed by atoms with E-state index in [4.69, 9.17) is 9.47 Å². The maximum atomic E-state index is 10.6. The van der Waals surface area contributed by atoms with E-state index in [1.54, 1.807) is 26.4 Å². The summed E-state index contributed by atoms with van der Waals surface area (Å²) in [5.74, 6) is 1.38. The smallest absolute Gasteiger partial charge is 0.269 e. The molecule has 2 rings (SSSR count). The van der Waals surface area contributed by atoms with E-state index >= 15 is 0 Å². The Hall–Kier alpha value is -2.56. The summed E-state index contributed by atoms with van der Waals surface area (Å²) in [5.41, 5.74) is 2.11. The zero-order chi connectivity index (χ0) is 15.2. The molecule has 2 aromatic carbocycles. The molecule has 0 atom stereocenters. The van der Waals surface area contributed by atoms with Crippen molar-refractivity contribution in [2.24, 2.45) is 0 Å². The molecule has 0 aromatic heterocycles. The minimum atomic E-state index is -0.405. The zero-order valence-corrected chi connectivity index (χ0v) is 11.9. The fourth-order valence-corrected chi connectivity index (χ4v) is 1.98. The van der Waals surface area contributed by atoms with Crippen LogP contribution in [0.2, 0.25) is 0 Å². The molecule has 0 fully saturated rings. The van der Waals surface area contributed by atoms with Gasteiger partial charge in [-0.3, -0.25) is 10.1 Å². The Kier molecular flexibility index (Phi) is 4.77. The van der Waals surface area contributed by atoms with Crippen LogP contribution in [-0.2, 0) is 6.42 Å². The van der Waals surface area contributed by atoms with E-state index in [0.29, 0.717) is 17.9 Å². The molecule has 109 valence electrons. The molecule has 0 bridgehead atoms. The molecule has 5 heteroatoms. The fraction of sp³-hybridized carbons (Fsp3) is 0.188. The second-order valence-electron chi connectivity index (χ2n) is 4.45. The van der Waals surface area contributed by atoms with Crippen molar-refractivity contribution in [1.82, 2.24) is 0 Å². The monoisotopic (exact) mass is 286 g/mol. The third kappa shape index (κ3) is 3.72. The van der Waals surface area contributed by atoms with Crippen LogP contribution in [0.15, 0.2) is 42.5 Å². The van der Waals surface area contributed by atoms with Gasteiger partial charge in [-0.2, -0.15) is 0 Å². The molecule has 0 N–H and O–H groups in total. The molecule has 5 nitrogen and oxygen atoms in total. The van der Waals surface area contributed by atoms with Gasteiger partial charge >= 0.3 is 0 Å². The third-order valence-corrected chi connectivity index (χ3v) is 3.13. The van der Waals surface area contributed by atoms with Crippen molar-refractivity contribution in [3.05, 3.63) is 70.1 Å². The summed E-state index contributed by atoms with van der Waals surface area (Å²) < 4.78 is 10.4. The quantitative estimate of drug-likeness (QED) is 0.603. The van der Waals surface area contributed by atoms with Gasteiger partial charge in [0.15, 0.2) is 11.5 Å². The Balaban J connectivity index is 2.04. The highest BCUT2D eigenvalue weighted by Gasteiger charge is 2.06. The Morgan fingerprint density at radius 3 is 2.29 bits per heavy atom. The normalized spacial score (nSPS) is 10.2. The number of hydrogen-bond acceptors (Lipinski definition) is 4. The van der Waals surface area contributed by atoms with Gasteiger partial charge in [0.2, 0.25) is 0 Å². The molecule has 0 amide bonds. The van der Waals surface area contributed by atoms with Crippen LogP contribution in [0.25, 0.3) is 0 Å². The summed E-state index contributed by atoms with van der Waals surface area (Å²) in [6.07, 6.45) is 2.71. The second-order valence-corrected chi connectivity index (χ2v) is 4.45. The molecule has 2 aromatic rings. The molecular weight excluding hydrogens is 270 g/mol. The predicted octanol–water partition coefficient (Wildman–Crippen LogP) is 3.41. The zero-order valence-electron chi connectivity index (χ0n) is 11.9. The second kappa shape index (κ2) is 6.74. The van der Waals surface area contributed by atoms with E-state index in [9.17, 15) is 10.1 Å². The minimum Gasteiger partial charge on any atom is -0.493 e. The summed E-state index contributed by atoms with van der Waals surface area (Å²) >= 11 is 0. The van der Waals surface area contributed by atoms with E-state index in [2.05, 4.69) is 0 Å². The molecule has 0 aliphatic carbocycles. The first-order valence-electron chi connectivity index (χ1n) is 6.42. The molecule has 0 saturated carbocycles. The number of non-ortho nitro benzene ring substituents is 1. The van der Waals surface area contributed by atoms with Crippen molar-refractivity contribution in [1.29, 1.82) is 0 Å². The minimum absolute atomic E-state index is 0.0956. The van der Waals surface area contributed by atoms with Gasteiger partial charge in [0.1, 0.15) is 0 Å². The highest BCUT2D eigenvalue weighted by Crippen LogP contribution is 2.28. The molecule has 0 spiro atoms. The highest BCUT2D eigenvalue weighted by atomic mass is 16.6. The molecule has 0 unspecified atom stereocenters. The summed E-state index contributed by atoms with van der Waals surface area (Å²) in [7, 11) is 3.20. The summed E-state index contributed by atoms with van der Waals surface area (Å²) in [4.78, 5) is 10.2. The van der Waals surface area contributed by atoms with Crippen LogP contribution in [0.4, 0.5) is 5.69 Å². The lowest BCUT2D eigenvalue weighted by molar-refractivity contribution is -0.384. The number of ether oxygens (including phenoxy) is 2. The van der Waals surface area contributed by atoms with Gasteiger partial charge in [0, 0.05) is 12.1 Å². The van der Waals surface area contributed by atoms with Gasteiger partial charge in [-0.1, -0.05) is 18.2 Å². The summed E-state index contributed by atoms with van der Waals surface area (Å²) in [6.45, 7) is 0. The van der Waals surface area contributed by atoms with Crippen molar-refractivity contribution >= 4 is 5.69 Å². The average molecular weight is 286 g/mol. The lowest BCUT2D eigenvalue weighted by atomic mass is 10.0. The van der Waals surface area contributed by atoms with Crippen LogP contribution in [-0.4, -0.2) is 19.1 Å². The lowest BCUT2D eigenvalue weighted by Gasteiger charge is -2.09. The van der Waals surface area contributed by atoms with E-state index in [0.717, 1.165) is 11.1 Å². The van der Waals surface area contributed by atoms with E-state index in [1.807, 2.05) is 24.6 Å². The fourth-order valence-electron chi connectivity index (χ4n) is 1.98. The number of nitro groups is 1. The summed E-state index contributed by atoms with van der Waals surface area (Å²) in [5, 5.41) is 10.6. The largest absolute Gasteiger partial charge is 0.493 e. The van der Waals surface area contributed by atoms with Crippen LogP contribution in [0.5, 0.6) is 11.5 Å². The van der Waals surface area contributed by atoms with Crippen LogP contribution in [0.3, 0.4) is 0 Å². The van der Waals surface area contributed by atoms with Crippen molar-refractivity contribution in [2.45, 2.75) is 6.42 Å². The molecule has 0 aliphatic heterocycles. The third-order valence-electron chi connectivity index (χ3n) is 3.13.